The number of nitrogens with one attached hydrogen (secondary N) is 2. The highest BCUT2D eigenvalue weighted by Crippen LogP contribution is 2.36. The van der Waals surface area contributed by atoms with Crippen molar-refractivity contribution in [3.63, 3.8) is 0 Å². The van der Waals surface area contributed by atoms with Gasteiger partial charge in [-0.3, -0.25) is 19.3 Å². The van der Waals surface area contributed by atoms with Crippen LogP contribution < -0.4 is 15.5 Å². The normalized spacial score (nSPS) is 17.3. The predicted molar refractivity (Wildman–Crippen MR) is 129 cm³/mol. The second-order valence-electron chi connectivity index (χ2n) is 8.59. The molecule has 168 valence electrons. The summed E-state index contributed by atoms with van der Waals surface area (Å²) < 4.78 is 0. The molecule has 0 aromatic heterocycles. The number of carbonyl (C=O) groups is 3. The molecule has 6 nitrogen and oxygen atoms in total. The summed E-state index contributed by atoms with van der Waals surface area (Å²) in [5.41, 5.74) is 3.67. The summed E-state index contributed by atoms with van der Waals surface area (Å²) in [6.07, 6.45) is 0.391. The number of rotatable bonds is 5. The fourth-order valence-electron chi connectivity index (χ4n) is 4.33. The number of hydrogen-bond acceptors (Lipinski definition) is 3. The summed E-state index contributed by atoms with van der Waals surface area (Å²) in [7, 11) is 0. The fraction of sp³-hybridized carbons (Fsp3) is 0.222. The third-order valence-corrected chi connectivity index (χ3v) is 6.11. The van der Waals surface area contributed by atoms with Crippen LogP contribution in [0.25, 0.3) is 0 Å². The van der Waals surface area contributed by atoms with Gasteiger partial charge in [-0.1, -0.05) is 42.5 Å². The molecule has 0 bridgehead atoms. The van der Waals surface area contributed by atoms with Crippen LogP contribution in [-0.2, 0) is 22.6 Å². The van der Waals surface area contributed by atoms with Gasteiger partial charge in [-0.2, -0.15) is 0 Å². The Balaban J connectivity index is 1.69. The molecule has 1 heterocycles. The number of fused-ring (bicyclic) bond motifs is 1. The van der Waals surface area contributed by atoms with Gasteiger partial charge >= 0.3 is 0 Å². The smallest absolute Gasteiger partial charge is 0.259 e. The van der Waals surface area contributed by atoms with Gasteiger partial charge in [0.15, 0.2) is 0 Å². The maximum Gasteiger partial charge on any atom is 0.259 e. The highest BCUT2D eigenvalue weighted by molar-refractivity contribution is 6.14. The standard InChI is InChI=1S/C27H27N3O3/c1-18-8-4-5-10-21(18)17-28-26(33)27(3)16-20-9-6-7-11-24(20)25(32)30(27)23-14-12-22(13-15-23)29-19(2)31/h4-15H,16-17H2,1-3H3,(H,28,33)(H,29,31)/t27-/m0/s1. The van der Waals surface area contributed by atoms with Crippen LogP contribution in [0.4, 0.5) is 11.4 Å². The monoisotopic (exact) mass is 441 g/mol. The van der Waals surface area contributed by atoms with Gasteiger partial charge in [0.1, 0.15) is 5.54 Å². The van der Waals surface area contributed by atoms with Crippen molar-refractivity contribution in [3.05, 3.63) is 95.1 Å². The minimum Gasteiger partial charge on any atom is -0.350 e. The Morgan fingerprint density at radius 2 is 1.64 bits per heavy atom. The molecular formula is C27H27N3O3. The average Bonchev–Trinajstić information content (AvgIpc) is 2.79. The molecule has 2 N–H and O–H groups in total. The van der Waals surface area contributed by atoms with Crippen LogP contribution in [0.1, 0.15) is 40.9 Å². The quantitative estimate of drug-likeness (QED) is 0.622. The van der Waals surface area contributed by atoms with E-state index in [0.717, 1.165) is 16.7 Å². The predicted octanol–water partition coefficient (Wildman–Crippen LogP) is 4.23. The van der Waals surface area contributed by atoms with Crippen LogP contribution in [0, 0.1) is 6.92 Å². The average molecular weight is 442 g/mol. The van der Waals surface area contributed by atoms with E-state index in [-0.39, 0.29) is 17.7 Å². The molecule has 0 saturated carbocycles. The Morgan fingerprint density at radius 3 is 2.33 bits per heavy atom. The first-order valence-electron chi connectivity index (χ1n) is 10.9. The number of benzene rings is 3. The van der Waals surface area contributed by atoms with Crippen molar-refractivity contribution in [1.82, 2.24) is 5.32 Å². The minimum atomic E-state index is -1.12. The summed E-state index contributed by atoms with van der Waals surface area (Å²) in [4.78, 5) is 40.1. The lowest BCUT2D eigenvalue weighted by Crippen LogP contribution is -2.63. The maximum absolute atomic E-state index is 13.6. The van der Waals surface area contributed by atoms with Gasteiger partial charge in [0, 0.05) is 36.8 Å². The lowest BCUT2D eigenvalue weighted by atomic mass is 9.82. The molecular weight excluding hydrogens is 414 g/mol. The Kier molecular flexibility index (Phi) is 6.01. The second-order valence-corrected chi connectivity index (χ2v) is 8.59. The molecule has 0 unspecified atom stereocenters. The Morgan fingerprint density at radius 1 is 0.970 bits per heavy atom. The second kappa shape index (κ2) is 8.90. The third-order valence-electron chi connectivity index (χ3n) is 6.11. The highest BCUT2D eigenvalue weighted by Gasteiger charge is 2.47. The molecule has 1 aliphatic rings. The van der Waals surface area contributed by atoms with Gasteiger partial charge in [0.2, 0.25) is 11.8 Å². The van der Waals surface area contributed by atoms with Crippen molar-refractivity contribution in [3.8, 4) is 0 Å². The van der Waals surface area contributed by atoms with E-state index in [9.17, 15) is 14.4 Å². The molecule has 0 fully saturated rings. The first-order chi connectivity index (χ1) is 15.8. The van der Waals surface area contributed by atoms with Crippen molar-refractivity contribution in [2.45, 2.75) is 39.3 Å². The molecule has 0 spiro atoms. The van der Waals surface area contributed by atoms with Crippen molar-refractivity contribution < 1.29 is 14.4 Å². The molecule has 4 rings (SSSR count). The number of nitrogens with zero attached hydrogens (tertiary/aromatic N) is 1. The molecule has 1 aliphatic heterocycles. The van der Waals surface area contributed by atoms with E-state index in [1.54, 1.807) is 42.2 Å². The lowest BCUT2D eigenvalue weighted by Gasteiger charge is -2.44. The zero-order valence-corrected chi connectivity index (χ0v) is 19.0. The highest BCUT2D eigenvalue weighted by atomic mass is 16.2. The summed E-state index contributed by atoms with van der Waals surface area (Å²) in [6, 6.07) is 22.3. The van der Waals surface area contributed by atoms with Gasteiger partial charge in [-0.25, -0.2) is 0 Å². The van der Waals surface area contributed by atoms with Crippen molar-refractivity contribution in [1.29, 1.82) is 0 Å². The fourth-order valence-corrected chi connectivity index (χ4v) is 4.33. The van der Waals surface area contributed by atoms with Gasteiger partial charge in [0.05, 0.1) is 0 Å². The zero-order chi connectivity index (χ0) is 23.6. The van der Waals surface area contributed by atoms with Gasteiger partial charge in [-0.15, -0.1) is 0 Å². The summed E-state index contributed by atoms with van der Waals surface area (Å²) >= 11 is 0. The van der Waals surface area contributed by atoms with Crippen molar-refractivity contribution in [2.75, 3.05) is 10.2 Å². The van der Waals surface area contributed by atoms with Gasteiger partial charge < -0.3 is 10.6 Å². The maximum atomic E-state index is 13.6. The SMILES string of the molecule is CC(=O)Nc1ccc(N2C(=O)c3ccccc3C[C@@]2(C)C(=O)NCc2ccccc2C)cc1. The molecule has 3 aromatic rings. The van der Waals surface area contributed by atoms with Crippen LogP contribution in [0.3, 0.4) is 0 Å². The molecule has 3 aromatic carbocycles. The van der Waals surface area contributed by atoms with Gasteiger partial charge in [0.25, 0.3) is 5.91 Å². The first-order valence-corrected chi connectivity index (χ1v) is 10.9. The van der Waals surface area contributed by atoms with E-state index in [4.69, 9.17) is 0 Å². The Labute approximate surface area is 193 Å². The third kappa shape index (κ3) is 4.37. The van der Waals surface area contributed by atoms with Crippen LogP contribution in [0.2, 0.25) is 0 Å². The Bertz CT molecular complexity index is 1220. The van der Waals surface area contributed by atoms with E-state index in [1.807, 2.05) is 49.4 Å². The van der Waals surface area contributed by atoms with Crippen molar-refractivity contribution in [2.24, 2.45) is 0 Å². The lowest BCUT2D eigenvalue weighted by molar-refractivity contribution is -0.126. The van der Waals surface area contributed by atoms with E-state index in [2.05, 4.69) is 10.6 Å². The molecule has 0 radical (unpaired) electrons. The summed E-state index contributed by atoms with van der Waals surface area (Å²) in [6.45, 7) is 5.63. The van der Waals surface area contributed by atoms with Crippen LogP contribution in [0.5, 0.6) is 0 Å². The molecule has 33 heavy (non-hydrogen) atoms. The first kappa shape index (κ1) is 22.3. The van der Waals surface area contributed by atoms with E-state index < -0.39 is 5.54 Å². The number of hydrogen-bond donors (Lipinski definition) is 2. The minimum absolute atomic E-state index is 0.175. The van der Waals surface area contributed by atoms with E-state index in [1.165, 1.54) is 6.92 Å². The zero-order valence-electron chi connectivity index (χ0n) is 19.0. The number of carbonyl (C=O) groups excluding carboxylic acids is 3. The van der Waals surface area contributed by atoms with Crippen LogP contribution in [-0.4, -0.2) is 23.3 Å². The largest absolute Gasteiger partial charge is 0.350 e. The van der Waals surface area contributed by atoms with E-state index in [0.29, 0.717) is 29.9 Å². The number of aryl methyl sites for hydroxylation is 1. The molecule has 6 heteroatoms. The molecule has 3 amide bonds. The van der Waals surface area contributed by atoms with Crippen LogP contribution in [0.15, 0.2) is 72.8 Å². The topological polar surface area (TPSA) is 78.5 Å². The molecule has 0 saturated heterocycles. The van der Waals surface area contributed by atoms with E-state index >= 15 is 0 Å². The van der Waals surface area contributed by atoms with Crippen LogP contribution >= 0.6 is 0 Å². The summed E-state index contributed by atoms with van der Waals surface area (Å²) in [5.74, 6) is -0.622. The number of anilines is 2. The number of amides is 3. The van der Waals surface area contributed by atoms with Crippen molar-refractivity contribution >= 4 is 29.1 Å². The summed E-state index contributed by atoms with van der Waals surface area (Å²) in [5, 5.41) is 5.78. The Hall–Kier alpha value is -3.93. The van der Waals surface area contributed by atoms with Gasteiger partial charge in [-0.05, 0) is 60.9 Å². The molecule has 0 aliphatic carbocycles. The molecule has 1 atom stereocenters.